The Hall–Kier alpha value is -0.0800. The molecule has 0 fully saturated rings. The average Bonchev–Trinajstić information content (AvgIpc) is 2.27. The van der Waals surface area contributed by atoms with Gasteiger partial charge in [-0.3, -0.25) is 0 Å². The first-order valence-electron chi connectivity index (χ1n) is 6.50. The summed E-state index contributed by atoms with van der Waals surface area (Å²) in [5, 5.41) is 3.57. The Bertz CT molecular complexity index is 138. The minimum atomic E-state index is 0.389. The Morgan fingerprint density at radius 3 is 2.20 bits per heavy atom. The number of rotatable bonds is 9. The van der Waals surface area contributed by atoms with E-state index in [0.29, 0.717) is 18.1 Å². The van der Waals surface area contributed by atoms with E-state index in [-0.39, 0.29) is 0 Å². The van der Waals surface area contributed by atoms with E-state index in [1.54, 1.807) is 0 Å². The van der Waals surface area contributed by atoms with Gasteiger partial charge >= 0.3 is 0 Å². The van der Waals surface area contributed by atoms with Crippen molar-refractivity contribution in [3.05, 3.63) is 0 Å². The number of hydrogen-bond donors (Lipinski definition) is 1. The molecule has 0 aromatic rings. The van der Waals surface area contributed by atoms with Crippen LogP contribution >= 0.6 is 0 Å². The molecule has 0 rings (SSSR count). The molecule has 0 radical (unpaired) electrons. The molecule has 92 valence electrons. The van der Waals surface area contributed by atoms with Crippen LogP contribution in [0.25, 0.3) is 0 Å². The summed E-state index contributed by atoms with van der Waals surface area (Å²) in [6.45, 7) is 13.0. The summed E-state index contributed by atoms with van der Waals surface area (Å²) in [7, 11) is 0. The van der Waals surface area contributed by atoms with Gasteiger partial charge in [0.1, 0.15) is 0 Å². The maximum Gasteiger partial charge on any atom is 0.0625 e. The summed E-state index contributed by atoms with van der Waals surface area (Å²) in [5.74, 6) is 0.695. The van der Waals surface area contributed by atoms with Gasteiger partial charge in [-0.1, -0.05) is 34.1 Å². The Morgan fingerprint density at radius 1 is 1.07 bits per heavy atom. The van der Waals surface area contributed by atoms with Crippen LogP contribution in [0.15, 0.2) is 0 Å². The maximum atomic E-state index is 5.81. The van der Waals surface area contributed by atoms with Crippen molar-refractivity contribution in [2.24, 2.45) is 5.92 Å². The number of nitrogens with one attached hydrogen (secondary N) is 1. The zero-order chi connectivity index (χ0) is 11.7. The molecule has 0 aromatic heterocycles. The molecule has 0 spiro atoms. The zero-order valence-electron chi connectivity index (χ0n) is 11.2. The standard InChI is InChI=1S/C13H29NO/c1-6-9-14-13(11(4)7-2)10-15-12(5)8-3/h11-14H,6-10H2,1-5H3. The van der Waals surface area contributed by atoms with E-state index in [1.807, 2.05) is 0 Å². The highest BCUT2D eigenvalue weighted by atomic mass is 16.5. The van der Waals surface area contributed by atoms with Gasteiger partial charge in [0.15, 0.2) is 0 Å². The molecule has 0 heterocycles. The molecular weight excluding hydrogens is 186 g/mol. The monoisotopic (exact) mass is 215 g/mol. The van der Waals surface area contributed by atoms with Crippen molar-refractivity contribution in [1.29, 1.82) is 0 Å². The van der Waals surface area contributed by atoms with Gasteiger partial charge in [-0.25, -0.2) is 0 Å². The summed E-state index contributed by atoms with van der Waals surface area (Å²) in [6.07, 6.45) is 3.89. The van der Waals surface area contributed by atoms with Gasteiger partial charge in [0, 0.05) is 6.04 Å². The van der Waals surface area contributed by atoms with E-state index in [0.717, 1.165) is 19.6 Å². The number of ether oxygens (including phenoxy) is 1. The van der Waals surface area contributed by atoms with Crippen LogP contribution in [0.2, 0.25) is 0 Å². The lowest BCUT2D eigenvalue weighted by Gasteiger charge is -2.25. The molecule has 1 N–H and O–H groups in total. The van der Waals surface area contributed by atoms with Crippen molar-refractivity contribution in [3.63, 3.8) is 0 Å². The third-order valence-electron chi connectivity index (χ3n) is 3.12. The predicted octanol–water partition coefficient (Wildman–Crippen LogP) is 3.22. The lowest BCUT2D eigenvalue weighted by atomic mass is 10.00. The zero-order valence-corrected chi connectivity index (χ0v) is 11.2. The molecule has 2 nitrogen and oxygen atoms in total. The minimum Gasteiger partial charge on any atom is -0.377 e. The predicted molar refractivity (Wildman–Crippen MR) is 67.2 cm³/mol. The fourth-order valence-electron chi connectivity index (χ4n) is 1.42. The van der Waals surface area contributed by atoms with E-state index < -0.39 is 0 Å². The average molecular weight is 215 g/mol. The molecule has 3 atom stereocenters. The smallest absolute Gasteiger partial charge is 0.0625 e. The summed E-state index contributed by atoms with van der Waals surface area (Å²) in [4.78, 5) is 0. The van der Waals surface area contributed by atoms with Gasteiger partial charge in [-0.15, -0.1) is 0 Å². The van der Waals surface area contributed by atoms with E-state index in [4.69, 9.17) is 4.74 Å². The molecule has 0 aromatic carbocycles. The first kappa shape index (κ1) is 14.9. The molecule has 0 amide bonds. The Morgan fingerprint density at radius 2 is 1.73 bits per heavy atom. The van der Waals surface area contributed by atoms with Gasteiger partial charge < -0.3 is 10.1 Å². The molecule has 0 saturated heterocycles. The molecule has 3 unspecified atom stereocenters. The highest BCUT2D eigenvalue weighted by molar-refractivity contribution is 4.72. The van der Waals surface area contributed by atoms with Gasteiger partial charge in [0.05, 0.1) is 12.7 Å². The van der Waals surface area contributed by atoms with Crippen molar-refractivity contribution in [2.75, 3.05) is 13.2 Å². The lowest BCUT2D eigenvalue weighted by Crippen LogP contribution is -2.40. The van der Waals surface area contributed by atoms with E-state index in [9.17, 15) is 0 Å². The fourth-order valence-corrected chi connectivity index (χ4v) is 1.42. The van der Waals surface area contributed by atoms with Crippen LogP contribution in [0.3, 0.4) is 0 Å². The largest absolute Gasteiger partial charge is 0.377 e. The minimum absolute atomic E-state index is 0.389. The van der Waals surface area contributed by atoms with Gasteiger partial charge in [0.25, 0.3) is 0 Å². The van der Waals surface area contributed by atoms with E-state index in [2.05, 4.69) is 39.9 Å². The second-order valence-electron chi connectivity index (χ2n) is 4.50. The van der Waals surface area contributed by atoms with Crippen molar-refractivity contribution in [3.8, 4) is 0 Å². The summed E-state index contributed by atoms with van der Waals surface area (Å²) < 4.78 is 5.81. The van der Waals surface area contributed by atoms with Gasteiger partial charge in [0.2, 0.25) is 0 Å². The van der Waals surface area contributed by atoms with Crippen LogP contribution in [0.5, 0.6) is 0 Å². The molecule has 0 aliphatic carbocycles. The van der Waals surface area contributed by atoms with Crippen LogP contribution < -0.4 is 5.32 Å². The SMILES string of the molecule is CCCNC(COC(C)CC)C(C)CC. The molecule has 0 saturated carbocycles. The molecule has 15 heavy (non-hydrogen) atoms. The second-order valence-corrected chi connectivity index (χ2v) is 4.50. The highest BCUT2D eigenvalue weighted by Gasteiger charge is 2.15. The molecular formula is C13H29NO. The van der Waals surface area contributed by atoms with Crippen molar-refractivity contribution in [2.45, 2.75) is 66.0 Å². The normalized spacial score (nSPS) is 17.4. The van der Waals surface area contributed by atoms with Crippen LogP contribution in [-0.2, 0) is 4.74 Å². The lowest BCUT2D eigenvalue weighted by molar-refractivity contribution is 0.0371. The van der Waals surface area contributed by atoms with Crippen LogP contribution in [0, 0.1) is 5.92 Å². The Kier molecular flexibility index (Phi) is 9.12. The van der Waals surface area contributed by atoms with Gasteiger partial charge in [-0.05, 0) is 32.2 Å². The Balaban J connectivity index is 3.89. The van der Waals surface area contributed by atoms with Crippen LogP contribution in [-0.4, -0.2) is 25.3 Å². The van der Waals surface area contributed by atoms with E-state index in [1.165, 1.54) is 12.8 Å². The van der Waals surface area contributed by atoms with Crippen molar-refractivity contribution >= 4 is 0 Å². The molecule has 0 bridgehead atoms. The fraction of sp³-hybridized carbons (Fsp3) is 1.00. The second kappa shape index (κ2) is 9.17. The van der Waals surface area contributed by atoms with Crippen LogP contribution in [0.4, 0.5) is 0 Å². The van der Waals surface area contributed by atoms with Crippen molar-refractivity contribution < 1.29 is 4.74 Å². The maximum absolute atomic E-state index is 5.81. The summed E-state index contributed by atoms with van der Waals surface area (Å²) in [6, 6.07) is 0.518. The quantitative estimate of drug-likeness (QED) is 0.637. The number of hydrogen-bond acceptors (Lipinski definition) is 2. The first-order valence-corrected chi connectivity index (χ1v) is 6.50. The van der Waals surface area contributed by atoms with Crippen LogP contribution in [0.1, 0.15) is 53.9 Å². The molecule has 2 heteroatoms. The van der Waals surface area contributed by atoms with Crippen molar-refractivity contribution in [1.82, 2.24) is 5.32 Å². The Labute approximate surface area is 95.8 Å². The molecule has 0 aliphatic heterocycles. The van der Waals surface area contributed by atoms with Gasteiger partial charge in [-0.2, -0.15) is 0 Å². The summed E-state index contributed by atoms with van der Waals surface area (Å²) >= 11 is 0. The molecule has 0 aliphatic rings. The first-order chi connectivity index (χ1) is 7.15. The third-order valence-corrected chi connectivity index (χ3v) is 3.12. The summed E-state index contributed by atoms with van der Waals surface area (Å²) in [5.41, 5.74) is 0. The third kappa shape index (κ3) is 6.91. The highest BCUT2D eigenvalue weighted by Crippen LogP contribution is 2.09. The van der Waals surface area contributed by atoms with E-state index >= 15 is 0 Å². The topological polar surface area (TPSA) is 21.3 Å².